The van der Waals surface area contributed by atoms with Gasteiger partial charge in [-0.2, -0.15) is 0 Å². The summed E-state index contributed by atoms with van der Waals surface area (Å²) >= 11 is 0. The van der Waals surface area contributed by atoms with Crippen LogP contribution in [0.3, 0.4) is 0 Å². The summed E-state index contributed by atoms with van der Waals surface area (Å²) in [7, 11) is 1.77. The number of anilines is 1. The lowest BCUT2D eigenvalue weighted by molar-refractivity contribution is -0.127. The van der Waals surface area contributed by atoms with Crippen LogP contribution in [0.25, 0.3) is 0 Å². The van der Waals surface area contributed by atoms with Crippen molar-refractivity contribution >= 4 is 17.5 Å². The number of benzene rings is 2. The molecule has 4 rings (SSSR count). The molecule has 0 aromatic heterocycles. The Hall–Kier alpha value is -2.62. The first-order valence-electron chi connectivity index (χ1n) is 8.36. The smallest absolute Gasteiger partial charge is 0.228 e. The average Bonchev–Trinajstić information content (AvgIpc) is 3.00. The Bertz CT molecular complexity index is 790. The van der Waals surface area contributed by atoms with E-state index in [-0.39, 0.29) is 24.3 Å². The molecule has 1 aliphatic carbocycles. The number of para-hydroxylation sites is 1. The second-order valence-electron chi connectivity index (χ2n) is 6.65. The molecule has 24 heavy (non-hydrogen) atoms. The molecule has 1 N–H and O–H groups in total. The van der Waals surface area contributed by atoms with Gasteiger partial charge < -0.3 is 10.2 Å². The van der Waals surface area contributed by atoms with Crippen molar-refractivity contribution in [1.82, 2.24) is 5.32 Å². The van der Waals surface area contributed by atoms with Crippen molar-refractivity contribution in [2.45, 2.75) is 31.2 Å². The molecule has 1 atom stereocenters. The number of nitrogens with one attached hydrogen (secondary N) is 1. The molecular formula is C20H20N2O2. The van der Waals surface area contributed by atoms with Crippen LogP contribution in [-0.4, -0.2) is 24.9 Å². The second kappa shape index (κ2) is 5.78. The Morgan fingerprint density at radius 2 is 1.62 bits per heavy atom. The Morgan fingerprint density at radius 3 is 2.33 bits per heavy atom. The lowest BCUT2D eigenvalue weighted by atomic mass is 9.88. The SMILES string of the molecule is CN1C(=O)CC(C(=O)NC2Cc3ccccc3C2)c2ccccc21. The molecule has 0 spiro atoms. The van der Waals surface area contributed by atoms with E-state index in [1.54, 1.807) is 11.9 Å². The van der Waals surface area contributed by atoms with Gasteiger partial charge in [0.2, 0.25) is 11.8 Å². The predicted molar refractivity (Wildman–Crippen MR) is 93.0 cm³/mol. The van der Waals surface area contributed by atoms with Crippen molar-refractivity contribution in [3.63, 3.8) is 0 Å². The van der Waals surface area contributed by atoms with Crippen molar-refractivity contribution in [3.8, 4) is 0 Å². The van der Waals surface area contributed by atoms with E-state index in [0.717, 1.165) is 24.1 Å². The lowest BCUT2D eigenvalue weighted by Gasteiger charge is -2.31. The highest BCUT2D eigenvalue weighted by atomic mass is 16.2. The molecule has 0 fully saturated rings. The van der Waals surface area contributed by atoms with Gasteiger partial charge in [-0.1, -0.05) is 42.5 Å². The van der Waals surface area contributed by atoms with Crippen molar-refractivity contribution in [1.29, 1.82) is 0 Å². The summed E-state index contributed by atoms with van der Waals surface area (Å²) in [5.41, 5.74) is 4.39. The summed E-state index contributed by atoms with van der Waals surface area (Å²) in [6.07, 6.45) is 1.97. The lowest BCUT2D eigenvalue weighted by Crippen LogP contribution is -2.43. The fourth-order valence-electron chi connectivity index (χ4n) is 3.84. The van der Waals surface area contributed by atoms with Gasteiger partial charge in [-0.3, -0.25) is 9.59 Å². The van der Waals surface area contributed by atoms with Crippen LogP contribution in [0.2, 0.25) is 0 Å². The molecule has 1 aliphatic heterocycles. The van der Waals surface area contributed by atoms with Crippen molar-refractivity contribution < 1.29 is 9.59 Å². The molecule has 122 valence electrons. The monoisotopic (exact) mass is 320 g/mol. The van der Waals surface area contributed by atoms with E-state index in [2.05, 4.69) is 17.4 Å². The van der Waals surface area contributed by atoms with Crippen LogP contribution in [0.1, 0.15) is 29.0 Å². The van der Waals surface area contributed by atoms with Gasteiger partial charge in [0.15, 0.2) is 0 Å². The number of hydrogen-bond donors (Lipinski definition) is 1. The van der Waals surface area contributed by atoms with Crippen LogP contribution < -0.4 is 10.2 Å². The number of hydrogen-bond acceptors (Lipinski definition) is 2. The molecule has 2 aromatic carbocycles. The molecule has 0 saturated carbocycles. The van der Waals surface area contributed by atoms with E-state index >= 15 is 0 Å². The summed E-state index contributed by atoms with van der Waals surface area (Å²) in [6, 6.07) is 16.1. The van der Waals surface area contributed by atoms with Gasteiger partial charge in [0, 0.05) is 25.2 Å². The van der Waals surface area contributed by atoms with Gasteiger partial charge in [-0.25, -0.2) is 0 Å². The van der Waals surface area contributed by atoms with Crippen LogP contribution in [0.4, 0.5) is 5.69 Å². The maximum Gasteiger partial charge on any atom is 0.228 e. The van der Waals surface area contributed by atoms with Crippen LogP contribution in [0.15, 0.2) is 48.5 Å². The van der Waals surface area contributed by atoms with Crippen LogP contribution in [0, 0.1) is 0 Å². The number of rotatable bonds is 2. The van der Waals surface area contributed by atoms with Gasteiger partial charge in [0.1, 0.15) is 0 Å². The van der Waals surface area contributed by atoms with E-state index in [4.69, 9.17) is 0 Å². The van der Waals surface area contributed by atoms with Crippen molar-refractivity contribution in [2.75, 3.05) is 11.9 Å². The predicted octanol–water partition coefficient (Wildman–Crippen LogP) is 2.42. The Kier molecular flexibility index (Phi) is 3.60. The van der Waals surface area contributed by atoms with E-state index in [9.17, 15) is 9.59 Å². The third kappa shape index (κ3) is 2.48. The zero-order valence-electron chi connectivity index (χ0n) is 13.7. The summed E-state index contributed by atoms with van der Waals surface area (Å²) in [5, 5.41) is 3.16. The minimum absolute atomic E-state index is 0.0106. The van der Waals surface area contributed by atoms with Gasteiger partial charge in [0.05, 0.1) is 5.92 Å². The minimum atomic E-state index is -0.395. The average molecular weight is 320 g/mol. The van der Waals surface area contributed by atoms with Crippen LogP contribution in [-0.2, 0) is 22.4 Å². The number of fused-ring (bicyclic) bond motifs is 2. The number of amides is 2. The molecule has 0 radical (unpaired) electrons. The zero-order valence-corrected chi connectivity index (χ0v) is 13.7. The first-order chi connectivity index (χ1) is 11.6. The Balaban J connectivity index is 1.53. The molecule has 4 heteroatoms. The highest BCUT2D eigenvalue weighted by Crippen LogP contribution is 2.35. The first-order valence-corrected chi connectivity index (χ1v) is 8.36. The molecule has 1 heterocycles. The van der Waals surface area contributed by atoms with Gasteiger partial charge in [-0.15, -0.1) is 0 Å². The molecule has 1 unspecified atom stereocenters. The Morgan fingerprint density at radius 1 is 1.00 bits per heavy atom. The molecule has 4 nitrogen and oxygen atoms in total. The molecule has 0 bridgehead atoms. The fraction of sp³-hybridized carbons (Fsp3) is 0.300. The third-order valence-electron chi connectivity index (χ3n) is 5.14. The number of carbonyl (C=O) groups excluding carboxylic acids is 2. The van der Waals surface area contributed by atoms with Crippen molar-refractivity contribution in [3.05, 3.63) is 65.2 Å². The van der Waals surface area contributed by atoms with E-state index in [1.165, 1.54) is 11.1 Å². The first kappa shape index (κ1) is 14.9. The quantitative estimate of drug-likeness (QED) is 0.924. The van der Waals surface area contributed by atoms with E-state index in [0.29, 0.717) is 0 Å². The highest BCUT2D eigenvalue weighted by Gasteiger charge is 2.35. The highest BCUT2D eigenvalue weighted by molar-refractivity contribution is 6.02. The summed E-state index contributed by atoms with van der Waals surface area (Å²) in [6.45, 7) is 0. The summed E-state index contributed by atoms with van der Waals surface area (Å²) < 4.78 is 0. The van der Waals surface area contributed by atoms with Gasteiger partial charge >= 0.3 is 0 Å². The standard InChI is InChI=1S/C20H20N2O2/c1-22-18-9-5-4-8-16(18)17(12-19(22)23)20(24)21-15-10-13-6-2-3-7-14(13)11-15/h2-9,15,17H,10-12H2,1H3,(H,21,24). The molecule has 2 aromatic rings. The summed E-state index contributed by atoms with van der Waals surface area (Å²) in [4.78, 5) is 26.7. The summed E-state index contributed by atoms with van der Waals surface area (Å²) in [5.74, 6) is -0.445. The largest absolute Gasteiger partial charge is 0.352 e. The van der Waals surface area contributed by atoms with E-state index in [1.807, 2.05) is 36.4 Å². The molecule has 2 aliphatic rings. The maximum atomic E-state index is 12.8. The molecule has 2 amide bonds. The van der Waals surface area contributed by atoms with Gasteiger partial charge in [-0.05, 0) is 35.6 Å². The van der Waals surface area contributed by atoms with Crippen LogP contribution >= 0.6 is 0 Å². The third-order valence-corrected chi connectivity index (χ3v) is 5.14. The normalized spacial score (nSPS) is 19.8. The zero-order chi connectivity index (χ0) is 16.7. The number of nitrogens with zero attached hydrogens (tertiary/aromatic N) is 1. The van der Waals surface area contributed by atoms with E-state index < -0.39 is 5.92 Å². The van der Waals surface area contributed by atoms with Gasteiger partial charge in [0.25, 0.3) is 0 Å². The van der Waals surface area contributed by atoms with Crippen LogP contribution in [0.5, 0.6) is 0 Å². The Labute approximate surface area is 141 Å². The topological polar surface area (TPSA) is 49.4 Å². The maximum absolute atomic E-state index is 12.8. The number of carbonyl (C=O) groups is 2. The minimum Gasteiger partial charge on any atom is -0.352 e. The fourth-order valence-corrected chi connectivity index (χ4v) is 3.84. The molecule has 0 saturated heterocycles. The van der Waals surface area contributed by atoms with Crippen molar-refractivity contribution in [2.24, 2.45) is 0 Å². The molecular weight excluding hydrogens is 300 g/mol. The second-order valence-corrected chi connectivity index (χ2v) is 6.65.